The number of ether oxygens (including phenoxy) is 1. The number of hydrogen-bond acceptors (Lipinski definition) is 5. The Labute approximate surface area is 172 Å². The lowest BCUT2D eigenvalue weighted by Gasteiger charge is -2.33. The average molecular weight is 398 g/mol. The highest BCUT2D eigenvalue weighted by molar-refractivity contribution is 5.73. The summed E-state index contributed by atoms with van der Waals surface area (Å²) in [5, 5.41) is 29.1. The Morgan fingerprint density at radius 3 is 2.17 bits per heavy atom. The van der Waals surface area contributed by atoms with Gasteiger partial charge in [-0.3, -0.25) is 0 Å². The smallest absolute Gasteiger partial charge is 0.148 e. The van der Waals surface area contributed by atoms with Crippen molar-refractivity contribution in [2.75, 3.05) is 13.2 Å². The SMILES string of the molecule is CC(C)(C)CC(C)(C)c1cc(COCCO)c(O)c(-n2nc3ccccc3n2)c1. The van der Waals surface area contributed by atoms with Crippen molar-refractivity contribution >= 4 is 11.0 Å². The van der Waals surface area contributed by atoms with Crippen LogP contribution in [0.5, 0.6) is 5.75 Å². The average Bonchev–Trinajstić information content (AvgIpc) is 3.05. The first-order valence-corrected chi connectivity index (χ1v) is 9.98. The molecule has 156 valence electrons. The van der Waals surface area contributed by atoms with Crippen LogP contribution in [-0.4, -0.2) is 38.4 Å². The molecule has 0 saturated heterocycles. The fourth-order valence-corrected chi connectivity index (χ4v) is 3.97. The highest BCUT2D eigenvalue weighted by atomic mass is 16.5. The quantitative estimate of drug-likeness (QED) is 0.580. The van der Waals surface area contributed by atoms with Crippen LogP contribution in [0.2, 0.25) is 0 Å². The van der Waals surface area contributed by atoms with Crippen LogP contribution >= 0.6 is 0 Å². The van der Waals surface area contributed by atoms with E-state index in [1.807, 2.05) is 36.4 Å². The summed E-state index contributed by atoms with van der Waals surface area (Å²) in [6.07, 6.45) is 0.968. The molecular weight excluding hydrogens is 366 g/mol. The maximum absolute atomic E-state index is 10.9. The highest BCUT2D eigenvalue weighted by Crippen LogP contribution is 2.40. The van der Waals surface area contributed by atoms with Gasteiger partial charge in [-0.15, -0.1) is 15.0 Å². The molecule has 0 bridgehead atoms. The number of aliphatic hydroxyl groups is 1. The molecule has 0 unspecified atom stereocenters. The zero-order chi connectivity index (χ0) is 21.2. The predicted molar refractivity (Wildman–Crippen MR) is 114 cm³/mol. The lowest BCUT2D eigenvalue weighted by Crippen LogP contribution is -2.25. The molecule has 6 nitrogen and oxygen atoms in total. The summed E-state index contributed by atoms with van der Waals surface area (Å²) >= 11 is 0. The van der Waals surface area contributed by atoms with Gasteiger partial charge in [-0.25, -0.2) is 0 Å². The van der Waals surface area contributed by atoms with Gasteiger partial charge in [-0.1, -0.05) is 46.8 Å². The molecule has 2 aromatic carbocycles. The van der Waals surface area contributed by atoms with E-state index >= 15 is 0 Å². The Morgan fingerprint density at radius 1 is 1.00 bits per heavy atom. The number of aromatic hydroxyl groups is 1. The number of phenols is 1. The van der Waals surface area contributed by atoms with E-state index in [0.717, 1.165) is 23.0 Å². The van der Waals surface area contributed by atoms with Gasteiger partial charge in [0.15, 0.2) is 0 Å². The van der Waals surface area contributed by atoms with Crippen LogP contribution in [-0.2, 0) is 16.8 Å². The topological polar surface area (TPSA) is 80.4 Å². The van der Waals surface area contributed by atoms with E-state index in [1.54, 1.807) is 0 Å². The van der Waals surface area contributed by atoms with Crippen LogP contribution in [0.4, 0.5) is 0 Å². The van der Waals surface area contributed by atoms with Crippen LogP contribution < -0.4 is 0 Å². The van der Waals surface area contributed by atoms with Crippen LogP contribution in [0.15, 0.2) is 36.4 Å². The summed E-state index contributed by atoms with van der Waals surface area (Å²) in [5.41, 5.74) is 3.84. The van der Waals surface area contributed by atoms with Crippen molar-refractivity contribution in [2.24, 2.45) is 5.41 Å². The molecule has 6 heteroatoms. The number of hydrogen-bond donors (Lipinski definition) is 2. The van der Waals surface area contributed by atoms with E-state index in [9.17, 15) is 5.11 Å². The lowest BCUT2D eigenvalue weighted by molar-refractivity contribution is 0.0803. The highest BCUT2D eigenvalue weighted by Gasteiger charge is 2.29. The Morgan fingerprint density at radius 2 is 1.62 bits per heavy atom. The van der Waals surface area contributed by atoms with E-state index < -0.39 is 0 Å². The number of nitrogens with zero attached hydrogens (tertiary/aromatic N) is 3. The molecule has 0 amide bonds. The first-order valence-electron chi connectivity index (χ1n) is 9.98. The monoisotopic (exact) mass is 397 g/mol. The van der Waals surface area contributed by atoms with Crippen molar-refractivity contribution in [3.05, 3.63) is 47.5 Å². The minimum atomic E-state index is -0.126. The molecule has 0 saturated carbocycles. The number of phenolic OH excluding ortho intramolecular Hbond substituents is 1. The summed E-state index contributed by atoms with van der Waals surface area (Å²) in [5.74, 6) is 0.0959. The first kappa shape index (κ1) is 21.3. The summed E-state index contributed by atoms with van der Waals surface area (Å²) < 4.78 is 5.51. The van der Waals surface area contributed by atoms with E-state index in [2.05, 4.69) is 44.8 Å². The van der Waals surface area contributed by atoms with E-state index in [0.29, 0.717) is 11.3 Å². The molecule has 29 heavy (non-hydrogen) atoms. The Kier molecular flexibility index (Phi) is 5.96. The molecule has 0 spiro atoms. The van der Waals surface area contributed by atoms with Crippen molar-refractivity contribution in [3.8, 4) is 11.4 Å². The van der Waals surface area contributed by atoms with Gasteiger partial charge in [0, 0.05) is 5.56 Å². The normalized spacial score (nSPS) is 12.6. The molecule has 3 rings (SSSR count). The number of aromatic nitrogens is 3. The standard InChI is InChI=1S/C23H31N3O3/c1-22(2,3)15-23(4,5)17-12-16(14-29-11-10-27)21(28)20(13-17)26-24-18-8-6-7-9-19(18)25-26/h6-9,12-13,27-28H,10-11,14-15H2,1-5H3. The Balaban J connectivity index is 2.11. The van der Waals surface area contributed by atoms with E-state index in [1.165, 1.54) is 4.80 Å². The third-order valence-electron chi connectivity index (χ3n) is 4.92. The lowest BCUT2D eigenvalue weighted by atomic mass is 9.72. The van der Waals surface area contributed by atoms with Gasteiger partial charge in [-0.2, -0.15) is 0 Å². The number of rotatable bonds is 7. The summed E-state index contributed by atoms with van der Waals surface area (Å²) in [7, 11) is 0. The number of benzene rings is 2. The summed E-state index contributed by atoms with van der Waals surface area (Å²) in [6, 6.07) is 11.6. The van der Waals surface area contributed by atoms with Gasteiger partial charge in [0.2, 0.25) is 0 Å². The van der Waals surface area contributed by atoms with Gasteiger partial charge >= 0.3 is 0 Å². The van der Waals surface area contributed by atoms with Crippen molar-refractivity contribution in [1.29, 1.82) is 0 Å². The van der Waals surface area contributed by atoms with Crippen molar-refractivity contribution in [1.82, 2.24) is 15.0 Å². The summed E-state index contributed by atoms with van der Waals surface area (Å²) in [6.45, 7) is 11.5. The fourth-order valence-electron chi connectivity index (χ4n) is 3.97. The minimum absolute atomic E-state index is 0.0606. The second-order valence-electron chi connectivity index (χ2n) is 9.38. The number of aliphatic hydroxyl groups excluding tert-OH is 1. The molecule has 2 N–H and O–H groups in total. The van der Waals surface area contributed by atoms with Gasteiger partial charge < -0.3 is 14.9 Å². The first-order chi connectivity index (χ1) is 13.6. The van der Waals surface area contributed by atoms with Crippen LogP contribution in [0.25, 0.3) is 16.7 Å². The van der Waals surface area contributed by atoms with Crippen molar-refractivity contribution < 1.29 is 14.9 Å². The molecular formula is C23H31N3O3. The maximum atomic E-state index is 10.9. The predicted octanol–water partition coefficient (Wildman–Crippen LogP) is 4.35. The van der Waals surface area contributed by atoms with Gasteiger partial charge in [0.25, 0.3) is 0 Å². The molecule has 3 aromatic rings. The Hall–Kier alpha value is -2.44. The molecule has 1 aromatic heterocycles. The largest absolute Gasteiger partial charge is 0.505 e. The third kappa shape index (κ3) is 4.95. The van der Waals surface area contributed by atoms with E-state index in [-0.39, 0.29) is 36.4 Å². The second-order valence-corrected chi connectivity index (χ2v) is 9.38. The molecule has 0 aliphatic carbocycles. The maximum Gasteiger partial charge on any atom is 0.148 e. The van der Waals surface area contributed by atoms with Crippen LogP contribution in [0.3, 0.4) is 0 Å². The molecule has 0 atom stereocenters. The third-order valence-corrected chi connectivity index (χ3v) is 4.92. The van der Waals surface area contributed by atoms with Crippen LogP contribution in [0.1, 0.15) is 52.2 Å². The molecule has 0 fully saturated rings. The molecule has 0 aliphatic heterocycles. The second kappa shape index (κ2) is 8.13. The van der Waals surface area contributed by atoms with Gasteiger partial charge in [0.1, 0.15) is 22.5 Å². The van der Waals surface area contributed by atoms with Gasteiger partial charge in [-0.05, 0) is 47.1 Å². The van der Waals surface area contributed by atoms with Crippen molar-refractivity contribution in [2.45, 2.75) is 53.1 Å². The molecule has 1 heterocycles. The number of fused-ring (bicyclic) bond motifs is 1. The zero-order valence-electron chi connectivity index (χ0n) is 17.9. The van der Waals surface area contributed by atoms with Gasteiger partial charge in [0.05, 0.1) is 19.8 Å². The summed E-state index contributed by atoms with van der Waals surface area (Å²) in [4.78, 5) is 1.49. The minimum Gasteiger partial charge on any atom is -0.505 e. The van der Waals surface area contributed by atoms with Crippen molar-refractivity contribution in [3.63, 3.8) is 0 Å². The van der Waals surface area contributed by atoms with E-state index in [4.69, 9.17) is 9.84 Å². The van der Waals surface area contributed by atoms with Crippen LogP contribution in [0, 0.1) is 5.41 Å². The Bertz CT molecular complexity index is 954. The zero-order valence-corrected chi connectivity index (χ0v) is 17.9. The fraction of sp³-hybridized carbons (Fsp3) is 0.478. The molecule has 0 aliphatic rings. The molecule has 0 radical (unpaired) electrons.